The molecule has 3 heteroatoms. The van der Waals surface area contributed by atoms with E-state index >= 15 is 0 Å². The topological polar surface area (TPSA) is 26.0 Å². The average molecular weight is 291 g/mol. The van der Waals surface area contributed by atoms with Crippen LogP contribution in [0, 0.1) is 13.8 Å². The van der Waals surface area contributed by atoms with Crippen LogP contribution in [0.2, 0.25) is 0 Å². The van der Waals surface area contributed by atoms with Crippen LogP contribution in [0.4, 0.5) is 0 Å². The van der Waals surface area contributed by atoms with Crippen molar-refractivity contribution >= 4 is 0 Å². The average Bonchev–Trinajstić information content (AvgIpc) is 2.55. The van der Waals surface area contributed by atoms with Gasteiger partial charge in [0.25, 0.3) is 0 Å². The van der Waals surface area contributed by atoms with Gasteiger partial charge >= 0.3 is 5.88 Å². The zero-order chi connectivity index (χ0) is 15.4. The van der Waals surface area contributed by atoms with Gasteiger partial charge in [0, 0.05) is 5.56 Å². The Hall–Kier alpha value is -2.68. The molecule has 0 bridgehead atoms. The number of benzene rings is 2. The summed E-state index contributed by atoms with van der Waals surface area (Å²) < 4.78 is 8.15. The van der Waals surface area contributed by atoms with Crippen LogP contribution in [-0.2, 0) is 6.54 Å². The Bertz CT molecular complexity index is 769. The number of nitrogens with zero attached hydrogens (tertiary/aromatic N) is 2. The van der Waals surface area contributed by atoms with Crippen molar-refractivity contribution in [1.82, 2.24) is 4.98 Å². The second-order valence-corrected chi connectivity index (χ2v) is 5.33. The minimum Gasteiger partial charge on any atom is -0.404 e. The molecule has 0 radical (unpaired) electrons. The molecule has 0 saturated heterocycles. The fourth-order valence-corrected chi connectivity index (χ4v) is 2.32. The van der Waals surface area contributed by atoms with Crippen LogP contribution in [0.25, 0.3) is 0 Å². The summed E-state index contributed by atoms with van der Waals surface area (Å²) in [5, 5.41) is 0. The van der Waals surface area contributed by atoms with E-state index in [-0.39, 0.29) is 0 Å². The van der Waals surface area contributed by atoms with Gasteiger partial charge in [0.05, 0.1) is 6.20 Å². The highest BCUT2D eigenvalue weighted by Gasteiger charge is 2.15. The zero-order valence-electron chi connectivity index (χ0n) is 12.9. The highest BCUT2D eigenvalue weighted by Crippen LogP contribution is 2.24. The van der Waals surface area contributed by atoms with Gasteiger partial charge in [0.1, 0.15) is 11.9 Å². The summed E-state index contributed by atoms with van der Waals surface area (Å²) in [6.45, 7) is 4.91. The lowest BCUT2D eigenvalue weighted by Gasteiger charge is -2.09. The van der Waals surface area contributed by atoms with E-state index in [1.54, 1.807) is 12.4 Å². The molecule has 110 valence electrons. The number of aryl methyl sites for hydroxylation is 1. The molecule has 0 spiro atoms. The largest absolute Gasteiger partial charge is 0.404 e. The zero-order valence-corrected chi connectivity index (χ0v) is 12.9. The van der Waals surface area contributed by atoms with Crippen LogP contribution in [0.15, 0.2) is 67.1 Å². The van der Waals surface area contributed by atoms with E-state index in [4.69, 9.17) is 4.74 Å². The fraction of sp³-hybridized carbons (Fsp3) is 0.158. The summed E-state index contributed by atoms with van der Waals surface area (Å²) in [5.41, 5.74) is 3.60. The van der Waals surface area contributed by atoms with Gasteiger partial charge in [-0.3, -0.25) is 0 Å². The highest BCUT2D eigenvalue weighted by atomic mass is 16.5. The van der Waals surface area contributed by atoms with Crippen LogP contribution in [0.3, 0.4) is 0 Å². The Morgan fingerprint density at radius 2 is 1.82 bits per heavy atom. The van der Waals surface area contributed by atoms with Crippen molar-refractivity contribution in [3.63, 3.8) is 0 Å². The van der Waals surface area contributed by atoms with Gasteiger partial charge in [-0.25, -0.2) is 4.98 Å². The molecule has 3 rings (SSSR count). The number of aromatic nitrogens is 2. The molecule has 1 aromatic heterocycles. The Balaban J connectivity index is 1.90. The Morgan fingerprint density at radius 1 is 1.00 bits per heavy atom. The maximum absolute atomic E-state index is 6.09. The quantitative estimate of drug-likeness (QED) is 0.683. The molecule has 3 aromatic rings. The second kappa shape index (κ2) is 6.39. The summed E-state index contributed by atoms with van der Waals surface area (Å²) in [6, 6.07) is 16.4. The predicted molar refractivity (Wildman–Crippen MR) is 86.0 cm³/mol. The van der Waals surface area contributed by atoms with Crippen molar-refractivity contribution < 1.29 is 9.30 Å². The monoisotopic (exact) mass is 291 g/mol. The van der Waals surface area contributed by atoms with Crippen molar-refractivity contribution in [2.75, 3.05) is 0 Å². The van der Waals surface area contributed by atoms with Crippen LogP contribution in [-0.4, -0.2) is 4.98 Å². The number of rotatable bonds is 4. The van der Waals surface area contributed by atoms with E-state index in [1.807, 2.05) is 36.5 Å². The summed E-state index contributed by atoms with van der Waals surface area (Å²) in [5.74, 6) is 1.61. The predicted octanol–water partition coefficient (Wildman–Crippen LogP) is 3.83. The van der Waals surface area contributed by atoms with Crippen molar-refractivity contribution in [3.05, 3.63) is 83.8 Å². The van der Waals surface area contributed by atoms with Gasteiger partial charge in [-0.15, -0.1) is 0 Å². The molecule has 0 aliphatic rings. The lowest BCUT2D eigenvalue weighted by Crippen LogP contribution is -2.35. The standard InChI is InChI=1S/C19H19N2O/c1-15-7-6-10-18(16(15)2)22-19-13-20-11-12-21(19)14-17-8-4-3-5-9-17/h3-13H,14H2,1-2H3/q+1. The third kappa shape index (κ3) is 3.14. The number of hydrogen-bond acceptors (Lipinski definition) is 2. The van der Waals surface area contributed by atoms with Crippen LogP contribution >= 0.6 is 0 Å². The third-order valence-corrected chi connectivity index (χ3v) is 3.77. The molecule has 0 aliphatic heterocycles. The van der Waals surface area contributed by atoms with Gasteiger partial charge in [-0.05, 0) is 31.0 Å². The molecule has 0 saturated carbocycles. The normalized spacial score (nSPS) is 10.5. The highest BCUT2D eigenvalue weighted by molar-refractivity contribution is 5.39. The van der Waals surface area contributed by atoms with E-state index in [0.717, 1.165) is 23.7 Å². The van der Waals surface area contributed by atoms with E-state index in [0.29, 0.717) is 0 Å². The maximum Gasteiger partial charge on any atom is 0.392 e. The van der Waals surface area contributed by atoms with E-state index in [2.05, 4.69) is 41.6 Å². The maximum atomic E-state index is 6.09. The molecule has 22 heavy (non-hydrogen) atoms. The molecule has 3 nitrogen and oxygen atoms in total. The van der Waals surface area contributed by atoms with Gasteiger partial charge in [0.15, 0.2) is 12.7 Å². The van der Waals surface area contributed by atoms with Crippen LogP contribution < -0.4 is 9.30 Å². The van der Waals surface area contributed by atoms with Crippen molar-refractivity contribution in [2.45, 2.75) is 20.4 Å². The van der Waals surface area contributed by atoms with E-state index < -0.39 is 0 Å². The SMILES string of the molecule is Cc1cccc(Oc2cncc[n+]2Cc2ccccc2)c1C. The molecule has 0 amide bonds. The molecule has 0 unspecified atom stereocenters. The first-order chi connectivity index (χ1) is 10.7. The first kappa shape index (κ1) is 14.3. The van der Waals surface area contributed by atoms with Crippen LogP contribution in [0.1, 0.15) is 16.7 Å². The van der Waals surface area contributed by atoms with Crippen molar-refractivity contribution in [2.24, 2.45) is 0 Å². The summed E-state index contributed by atoms with van der Waals surface area (Å²) >= 11 is 0. The third-order valence-electron chi connectivity index (χ3n) is 3.77. The molecule has 2 aromatic carbocycles. The van der Waals surface area contributed by atoms with Crippen molar-refractivity contribution in [3.8, 4) is 11.6 Å². The Kier molecular flexibility index (Phi) is 4.15. The fourth-order valence-electron chi connectivity index (χ4n) is 2.32. The van der Waals surface area contributed by atoms with E-state index in [1.165, 1.54) is 11.1 Å². The minimum atomic E-state index is 0.736. The lowest BCUT2D eigenvalue weighted by molar-refractivity contribution is -0.692. The molecular formula is C19H19N2O+. The molecule has 1 heterocycles. The van der Waals surface area contributed by atoms with Gasteiger partial charge in [-0.2, -0.15) is 4.57 Å². The lowest BCUT2D eigenvalue weighted by atomic mass is 10.1. The smallest absolute Gasteiger partial charge is 0.392 e. The van der Waals surface area contributed by atoms with E-state index in [9.17, 15) is 0 Å². The first-order valence-electron chi connectivity index (χ1n) is 7.35. The molecule has 0 fully saturated rings. The van der Waals surface area contributed by atoms with Gasteiger partial charge in [0.2, 0.25) is 0 Å². The van der Waals surface area contributed by atoms with Crippen LogP contribution in [0.5, 0.6) is 11.6 Å². The minimum absolute atomic E-state index is 0.736. The Morgan fingerprint density at radius 3 is 2.64 bits per heavy atom. The molecule has 0 atom stereocenters. The Labute approximate surface area is 130 Å². The first-order valence-corrected chi connectivity index (χ1v) is 7.35. The summed E-state index contributed by atoms with van der Waals surface area (Å²) in [7, 11) is 0. The molecular weight excluding hydrogens is 272 g/mol. The summed E-state index contributed by atoms with van der Waals surface area (Å²) in [6.07, 6.45) is 5.47. The number of ether oxygens (including phenoxy) is 1. The molecule has 0 N–H and O–H groups in total. The number of hydrogen-bond donors (Lipinski definition) is 0. The molecule has 0 aliphatic carbocycles. The summed E-state index contributed by atoms with van der Waals surface area (Å²) in [4.78, 5) is 4.19. The van der Waals surface area contributed by atoms with Crippen molar-refractivity contribution in [1.29, 1.82) is 0 Å². The second-order valence-electron chi connectivity index (χ2n) is 5.33. The van der Waals surface area contributed by atoms with Gasteiger partial charge < -0.3 is 4.74 Å². The van der Waals surface area contributed by atoms with Gasteiger partial charge in [-0.1, -0.05) is 42.5 Å².